The van der Waals surface area contributed by atoms with Crippen molar-refractivity contribution < 1.29 is 4.74 Å². The Labute approximate surface area is 114 Å². The summed E-state index contributed by atoms with van der Waals surface area (Å²) in [5.41, 5.74) is 2.23. The molecule has 0 aliphatic rings. The summed E-state index contributed by atoms with van der Waals surface area (Å²) < 4.78 is 5.75. The lowest BCUT2D eigenvalue weighted by Gasteiger charge is -2.21. The van der Waals surface area contributed by atoms with Crippen LogP contribution in [0.4, 0.5) is 5.69 Å². The van der Waals surface area contributed by atoms with Crippen LogP contribution >= 0.6 is 0 Å². The molecule has 2 aromatic rings. The van der Waals surface area contributed by atoms with E-state index in [-0.39, 0.29) is 0 Å². The molecule has 1 radical (unpaired) electrons. The van der Waals surface area contributed by atoms with Gasteiger partial charge in [-0.2, -0.15) is 0 Å². The molecule has 0 spiro atoms. The molecule has 99 valence electrons. The summed E-state index contributed by atoms with van der Waals surface area (Å²) >= 11 is 0. The van der Waals surface area contributed by atoms with Crippen LogP contribution in [0.25, 0.3) is 0 Å². The molecule has 0 aliphatic heterocycles. The van der Waals surface area contributed by atoms with E-state index in [1.54, 1.807) is 6.20 Å². The first-order valence-electron chi connectivity index (χ1n) is 6.62. The lowest BCUT2D eigenvalue weighted by Crippen LogP contribution is -2.21. The number of hydrogen-bond acceptors (Lipinski definition) is 3. The third-order valence-corrected chi connectivity index (χ3v) is 3.00. The van der Waals surface area contributed by atoms with Crippen LogP contribution in [0.3, 0.4) is 0 Å². The Kier molecular flexibility index (Phi) is 4.78. The Morgan fingerprint density at radius 1 is 1.26 bits per heavy atom. The fourth-order valence-electron chi connectivity index (χ4n) is 1.95. The van der Waals surface area contributed by atoms with E-state index < -0.39 is 0 Å². The molecule has 0 fully saturated rings. The van der Waals surface area contributed by atoms with E-state index in [9.17, 15) is 0 Å². The highest BCUT2D eigenvalue weighted by atomic mass is 16.5. The summed E-state index contributed by atoms with van der Waals surface area (Å²) in [6.07, 6.45) is 3.57. The first-order valence-corrected chi connectivity index (χ1v) is 6.62. The number of rotatable bonds is 6. The summed E-state index contributed by atoms with van der Waals surface area (Å²) in [7, 11) is 0. The molecular weight excluding hydrogens is 236 g/mol. The van der Waals surface area contributed by atoms with Crippen molar-refractivity contribution in [3.05, 3.63) is 54.4 Å². The molecule has 3 heteroatoms. The van der Waals surface area contributed by atoms with Gasteiger partial charge in [-0.3, -0.25) is 4.98 Å². The molecule has 0 bridgehead atoms. The number of nitrogens with zero attached hydrogens (tertiary/aromatic N) is 2. The van der Waals surface area contributed by atoms with Gasteiger partial charge in [0.2, 0.25) is 0 Å². The van der Waals surface area contributed by atoms with Gasteiger partial charge in [0.05, 0.1) is 0 Å². The zero-order valence-corrected chi connectivity index (χ0v) is 11.5. The van der Waals surface area contributed by atoms with Crippen LogP contribution < -0.4 is 9.64 Å². The average Bonchev–Trinajstić information content (AvgIpc) is 2.48. The first-order chi connectivity index (χ1) is 9.33. The number of benzene rings is 1. The van der Waals surface area contributed by atoms with Crippen molar-refractivity contribution in [2.24, 2.45) is 0 Å². The molecule has 1 aromatic heterocycles. The van der Waals surface area contributed by atoms with Gasteiger partial charge >= 0.3 is 0 Å². The van der Waals surface area contributed by atoms with E-state index in [1.165, 1.54) is 5.69 Å². The molecule has 0 atom stereocenters. The van der Waals surface area contributed by atoms with Gasteiger partial charge in [-0.15, -0.1) is 0 Å². The largest absolute Gasteiger partial charge is 0.488 e. The van der Waals surface area contributed by atoms with Crippen LogP contribution in [0.5, 0.6) is 5.75 Å². The lowest BCUT2D eigenvalue weighted by molar-refractivity contribution is 0.305. The molecule has 1 heterocycles. The summed E-state index contributed by atoms with van der Waals surface area (Å²) in [6, 6.07) is 13.0. The molecule has 0 saturated carbocycles. The van der Waals surface area contributed by atoms with Gasteiger partial charge in [-0.1, -0.05) is 6.07 Å². The monoisotopic (exact) mass is 255 g/mol. The van der Waals surface area contributed by atoms with E-state index in [0.717, 1.165) is 24.4 Å². The normalized spacial score (nSPS) is 10.2. The highest BCUT2D eigenvalue weighted by Crippen LogP contribution is 2.21. The van der Waals surface area contributed by atoms with Crippen molar-refractivity contribution in [3.63, 3.8) is 0 Å². The third kappa shape index (κ3) is 3.71. The molecule has 0 unspecified atom stereocenters. The fourth-order valence-corrected chi connectivity index (χ4v) is 1.95. The Balaban J connectivity index is 2.03. The molecule has 2 rings (SSSR count). The van der Waals surface area contributed by atoms with Crippen molar-refractivity contribution in [1.82, 2.24) is 4.98 Å². The van der Waals surface area contributed by atoms with Crippen LogP contribution in [0, 0.1) is 6.07 Å². The highest BCUT2D eigenvalue weighted by molar-refractivity contribution is 5.50. The van der Waals surface area contributed by atoms with Gasteiger partial charge in [0.15, 0.2) is 0 Å². The van der Waals surface area contributed by atoms with E-state index in [1.807, 2.05) is 30.5 Å². The minimum absolute atomic E-state index is 0.520. The molecule has 1 aromatic carbocycles. The second-order valence-electron chi connectivity index (χ2n) is 4.23. The van der Waals surface area contributed by atoms with Crippen LogP contribution in [0.1, 0.15) is 19.4 Å². The van der Waals surface area contributed by atoms with E-state index in [0.29, 0.717) is 6.61 Å². The molecule has 0 N–H and O–H groups in total. The smallest absolute Gasteiger partial charge is 0.129 e. The summed E-state index contributed by atoms with van der Waals surface area (Å²) in [5, 5.41) is 0. The van der Waals surface area contributed by atoms with E-state index in [2.05, 4.69) is 35.9 Å². The number of ether oxygens (including phenoxy) is 1. The third-order valence-electron chi connectivity index (χ3n) is 3.00. The van der Waals surface area contributed by atoms with E-state index in [4.69, 9.17) is 4.74 Å². The second kappa shape index (κ2) is 6.78. The van der Waals surface area contributed by atoms with Crippen LogP contribution in [0.2, 0.25) is 0 Å². The minimum Gasteiger partial charge on any atom is -0.488 e. The molecule has 0 aliphatic carbocycles. The Bertz CT molecular complexity index is 495. The average molecular weight is 255 g/mol. The maximum atomic E-state index is 5.75. The summed E-state index contributed by atoms with van der Waals surface area (Å²) in [4.78, 5) is 6.35. The van der Waals surface area contributed by atoms with E-state index >= 15 is 0 Å². The Morgan fingerprint density at radius 2 is 2.11 bits per heavy atom. The topological polar surface area (TPSA) is 25.4 Å². The number of aromatic nitrogens is 1. The number of hydrogen-bond donors (Lipinski definition) is 0. The first kappa shape index (κ1) is 13.4. The predicted molar refractivity (Wildman–Crippen MR) is 77.4 cm³/mol. The molecule has 3 nitrogen and oxygen atoms in total. The van der Waals surface area contributed by atoms with Crippen LogP contribution in [0.15, 0.2) is 42.7 Å². The van der Waals surface area contributed by atoms with Gasteiger partial charge in [-0.25, -0.2) is 0 Å². The van der Waals surface area contributed by atoms with Crippen molar-refractivity contribution >= 4 is 5.69 Å². The number of anilines is 1. The Morgan fingerprint density at radius 3 is 2.79 bits per heavy atom. The van der Waals surface area contributed by atoms with Crippen LogP contribution in [-0.4, -0.2) is 18.1 Å². The van der Waals surface area contributed by atoms with Gasteiger partial charge in [-0.05, 0) is 32.0 Å². The molecule has 0 amide bonds. The maximum Gasteiger partial charge on any atom is 0.129 e. The highest BCUT2D eigenvalue weighted by Gasteiger charge is 2.03. The van der Waals surface area contributed by atoms with Crippen molar-refractivity contribution in [2.75, 3.05) is 18.0 Å². The summed E-state index contributed by atoms with van der Waals surface area (Å²) in [5.74, 6) is 0.772. The van der Waals surface area contributed by atoms with Crippen LogP contribution in [-0.2, 0) is 6.61 Å². The SMILES string of the molecule is CCN(CC)c1cc[c]c(OCc2cccnc2)c1. The van der Waals surface area contributed by atoms with Gasteiger partial charge in [0.1, 0.15) is 12.4 Å². The second-order valence-corrected chi connectivity index (χ2v) is 4.23. The van der Waals surface area contributed by atoms with Gasteiger partial charge < -0.3 is 9.64 Å². The van der Waals surface area contributed by atoms with Crippen molar-refractivity contribution in [3.8, 4) is 5.75 Å². The quantitative estimate of drug-likeness (QED) is 0.792. The zero-order valence-electron chi connectivity index (χ0n) is 11.5. The van der Waals surface area contributed by atoms with Crippen molar-refractivity contribution in [1.29, 1.82) is 0 Å². The summed E-state index contributed by atoms with van der Waals surface area (Å²) in [6.45, 7) is 6.80. The fraction of sp³-hybridized carbons (Fsp3) is 0.312. The zero-order chi connectivity index (χ0) is 13.5. The predicted octanol–water partition coefficient (Wildman–Crippen LogP) is 3.31. The standard InChI is InChI=1S/C16H19N2O/c1-3-18(4-2)15-8-5-9-16(11-15)19-13-14-7-6-10-17-12-14/h5-8,10-12H,3-4,13H2,1-2H3. The van der Waals surface area contributed by atoms with Gasteiger partial charge in [0.25, 0.3) is 0 Å². The van der Waals surface area contributed by atoms with Gasteiger partial charge in [0, 0.05) is 48.9 Å². The minimum atomic E-state index is 0.520. The molecular formula is C16H19N2O. The maximum absolute atomic E-state index is 5.75. The molecule has 0 saturated heterocycles. The van der Waals surface area contributed by atoms with Crippen molar-refractivity contribution in [2.45, 2.75) is 20.5 Å². The molecule has 19 heavy (non-hydrogen) atoms. The number of pyridine rings is 1. The Hall–Kier alpha value is -2.03. The lowest BCUT2D eigenvalue weighted by atomic mass is 10.2.